The Balaban J connectivity index is 0.000000397. The minimum absolute atomic E-state index is 0.0253. The van der Waals surface area contributed by atoms with Gasteiger partial charge < -0.3 is 9.47 Å². The number of carbonyl (C=O) groups excluding carboxylic acids is 1. The van der Waals surface area contributed by atoms with Crippen LogP contribution in [0.2, 0.25) is 0 Å². The van der Waals surface area contributed by atoms with Gasteiger partial charge in [-0.05, 0) is 49.8 Å². The van der Waals surface area contributed by atoms with Gasteiger partial charge in [-0.1, -0.05) is 94.3 Å². The number of unbranched alkanes of at least 4 members (excludes halogenated alkanes) is 3. The SMILES string of the molecule is CC(C)(CCCCOc1cc(-c2ccccc2)cc(-c2ccccc2)n1)C1=NNNN1.CCCCCC(=O)OCC. The summed E-state index contributed by atoms with van der Waals surface area (Å²) in [7, 11) is 0. The molecule has 2 heterocycles. The predicted molar refractivity (Wildman–Crippen MR) is 166 cm³/mol. The van der Waals surface area contributed by atoms with Gasteiger partial charge in [-0.15, -0.1) is 10.6 Å². The molecule has 0 unspecified atom stereocenters. The first-order valence-electron chi connectivity index (χ1n) is 14.7. The molecule has 8 heteroatoms. The highest BCUT2D eigenvalue weighted by Crippen LogP contribution is 2.29. The molecule has 41 heavy (non-hydrogen) atoms. The number of aromatic nitrogens is 1. The quantitative estimate of drug-likeness (QED) is 0.144. The smallest absolute Gasteiger partial charge is 0.305 e. The Labute approximate surface area is 244 Å². The maximum Gasteiger partial charge on any atom is 0.305 e. The summed E-state index contributed by atoms with van der Waals surface area (Å²) in [5.41, 5.74) is 12.8. The van der Waals surface area contributed by atoms with Crippen molar-refractivity contribution in [3.63, 3.8) is 0 Å². The molecule has 1 aliphatic rings. The Morgan fingerprint density at radius 3 is 2.20 bits per heavy atom. The van der Waals surface area contributed by atoms with Crippen molar-refractivity contribution in [3.05, 3.63) is 72.8 Å². The van der Waals surface area contributed by atoms with Crippen LogP contribution in [0.15, 0.2) is 77.9 Å². The van der Waals surface area contributed by atoms with Gasteiger partial charge in [0.05, 0.1) is 18.9 Å². The number of amidine groups is 1. The third-order valence-electron chi connectivity index (χ3n) is 6.76. The first kappa shape index (κ1) is 31.6. The fraction of sp³-hybridized carbons (Fsp3) is 0.424. The third-order valence-corrected chi connectivity index (χ3v) is 6.76. The van der Waals surface area contributed by atoms with E-state index in [2.05, 4.69) is 84.8 Å². The number of rotatable bonds is 14. The molecule has 1 aliphatic heterocycles. The van der Waals surface area contributed by atoms with Crippen molar-refractivity contribution in [1.82, 2.24) is 21.5 Å². The molecule has 0 amide bonds. The minimum Gasteiger partial charge on any atom is -0.478 e. The number of hydrogen-bond donors (Lipinski definition) is 3. The van der Waals surface area contributed by atoms with Crippen LogP contribution in [0.5, 0.6) is 5.88 Å². The Hall–Kier alpha value is -3.91. The fourth-order valence-electron chi connectivity index (χ4n) is 4.37. The molecule has 1 aromatic heterocycles. The lowest BCUT2D eigenvalue weighted by Crippen LogP contribution is -2.41. The molecule has 0 radical (unpaired) electrons. The van der Waals surface area contributed by atoms with Gasteiger partial charge in [-0.2, -0.15) is 0 Å². The van der Waals surface area contributed by atoms with Gasteiger partial charge in [0.25, 0.3) is 0 Å². The summed E-state index contributed by atoms with van der Waals surface area (Å²) in [6.45, 7) is 9.45. The number of hydrazone groups is 1. The van der Waals surface area contributed by atoms with E-state index in [0.29, 0.717) is 25.5 Å². The standard InChI is InChI=1S/C25H29N5O.C8H16O2/c1-25(2,24-27-29-30-28-24)15-9-10-16-31-23-18-21(19-11-5-3-6-12-19)17-22(26-23)20-13-7-4-8-14-20;1-3-5-6-7-8(9)10-4-2/h3-8,11-14,17-18,29-30H,9-10,15-16H2,1-2H3,(H,27,28);3-7H2,1-2H3. The van der Waals surface area contributed by atoms with Crippen molar-refractivity contribution in [2.75, 3.05) is 13.2 Å². The topological polar surface area (TPSA) is 96.9 Å². The van der Waals surface area contributed by atoms with Gasteiger partial charge in [0.2, 0.25) is 5.88 Å². The lowest BCUT2D eigenvalue weighted by molar-refractivity contribution is -0.143. The second kappa shape index (κ2) is 17.0. The molecule has 3 N–H and O–H groups in total. The predicted octanol–water partition coefficient (Wildman–Crippen LogP) is 7.05. The Morgan fingerprint density at radius 1 is 0.854 bits per heavy atom. The lowest BCUT2D eigenvalue weighted by Gasteiger charge is -2.23. The summed E-state index contributed by atoms with van der Waals surface area (Å²) in [5.74, 6) is 1.53. The molecule has 0 atom stereocenters. The van der Waals surface area contributed by atoms with Crippen LogP contribution in [0.4, 0.5) is 0 Å². The zero-order chi connectivity index (χ0) is 29.3. The number of carbonyl (C=O) groups is 1. The minimum atomic E-state index is -0.0593. The van der Waals surface area contributed by atoms with E-state index in [1.807, 2.05) is 37.3 Å². The average molecular weight is 560 g/mol. The number of hydrazine groups is 2. The largest absolute Gasteiger partial charge is 0.478 e. The molecule has 220 valence electrons. The number of esters is 1. The second-order valence-corrected chi connectivity index (χ2v) is 10.6. The van der Waals surface area contributed by atoms with Crippen LogP contribution in [0, 0.1) is 5.41 Å². The normalized spacial score (nSPS) is 12.3. The molecule has 0 fully saturated rings. The van der Waals surface area contributed by atoms with Crippen molar-refractivity contribution in [2.45, 2.75) is 72.6 Å². The maximum absolute atomic E-state index is 10.7. The highest BCUT2D eigenvalue weighted by molar-refractivity contribution is 5.87. The number of hydrogen-bond acceptors (Lipinski definition) is 8. The molecule has 0 aliphatic carbocycles. The van der Waals surface area contributed by atoms with Crippen LogP contribution in [-0.2, 0) is 9.53 Å². The van der Waals surface area contributed by atoms with Gasteiger partial charge in [-0.25, -0.2) is 10.5 Å². The number of nitrogens with one attached hydrogen (secondary N) is 3. The second-order valence-electron chi connectivity index (χ2n) is 10.6. The van der Waals surface area contributed by atoms with Gasteiger partial charge in [-0.3, -0.25) is 10.2 Å². The Bertz CT molecular complexity index is 1160. The summed E-state index contributed by atoms with van der Waals surface area (Å²) >= 11 is 0. The highest BCUT2D eigenvalue weighted by Gasteiger charge is 2.26. The number of ether oxygens (including phenoxy) is 2. The first-order valence-corrected chi connectivity index (χ1v) is 14.7. The third kappa shape index (κ3) is 10.9. The molecule has 0 bridgehead atoms. The van der Waals surface area contributed by atoms with Crippen LogP contribution < -0.4 is 21.2 Å². The number of pyridine rings is 1. The summed E-state index contributed by atoms with van der Waals surface area (Å²) in [4.78, 5) is 15.5. The van der Waals surface area contributed by atoms with Crippen LogP contribution in [0.1, 0.15) is 72.6 Å². The molecular formula is C33H45N5O3. The monoisotopic (exact) mass is 559 g/mol. The van der Waals surface area contributed by atoms with Crippen molar-refractivity contribution >= 4 is 11.8 Å². The van der Waals surface area contributed by atoms with Gasteiger partial charge in [0.15, 0.2) is 0 Å². The highest BCUT2D eigenvalue weighted by atomic mass is 16.5. The van der Waals surface area contributed by atoms with E-state index < -0.39 is 0 Å². The average Bonchev–Trinajstić information content (AvgIpc) is 3.55. The van der Waals surface area contributed by atoms with Gasteiger partial charge in [0, 0.05) is 23.5 Å². The zero-order valence-corrected chi connectivity index (χ0v) is 24.9. The molecule has 2 aromatic carbocycles. The van der Waals surface area contributed by atoms with Crippen molar-refractivity contribution < 1.29 is 14.3 Å². The maximum atomic E-state index is 10.7. The van der Waals surface area contributed by atoms with Gasteiger partial charge >= 0.3 is 5.97 Å². The Kier molecular flexibility index (Phi) is 13.1. The molecule has 8 nitrogen and oxygen atoms in total. The van der Waals surface area contributed by atoms with E-state index in [9.17, 15) is 4.79 Å². The lowest BCUT2D eigenvalue weighted by atomic mass is 9.86. The van der Waals surface area contributed by atoms with Crippen LogP contribution >= 0.6 is 0 Å². The number of nitrogens with zero attached hydrogens (tertiary/aromatic N) is 2. The van der Waals surface area contributed by atoms with Crippen molar-refractivity contribution in [3.8, 4) is 28.3 Å². The van der Waals surface area contributed by atoms with E-state index in [0.717, 1.165) is 66.7 Å². The summed E-state index contributed by atoms with van der Waals surface area (Å²) in [6, 6.07) is 24.7. The van der Waals surface area contributed by atoms with E-state index in [-0.39, 0.29) is 11.4 Å². The van der Waals surface area contributed by atoms with Crippen molar-refractivity contribution in [2.24, 2.45) is 10.5 Å². The van der Waals surface area contributed by atoms with E-state index in [1.165, 1.54) is 0 Å². The number of benzene rings is 2. The van der Waals surface area contributed by atoms with E-state index in [1.54, 1.807) is 0 Å². The van der Waals surface area contributed by atoms with Crippen LogP contribution in [0.3, 0.4) is 0 Å². The van der Waals surface area contributed by atoms with Crippen LogP contribution in [-0.4, -0.2) is 30.0 Å². The van der Waals surface area contributed by atoms with Crippen LogP contribution in [0.25, 0.3) is 22.4 Å². The zero-order valence-electron chi connectivity index (χ0n) is 24.9. The van der Waals surface area contributed by atoms with Gasteiger partial charge in [0.1, 0.15) is 5.84 Å². The first-order chi connectivity index (χ1) is 19.9. The molecule has 0 saturated carbocycles. The fourth-order valence-corrected chi connectivity index (χ4v) is 4.37. The summed E-state index contributed by atoms with van der Waals surface area (Å²) < 4.78 is 10.8. The molecule has 0 spiro atoms. The Morgan fingerprint density at radius 2 is 1.56 bits per heavy atom. The van der Waals surface area contributed by atoms with E-state index in [4.69, 9.17) is 14.5 Å². The molecule has 3 aromatic rings. The molecule has 4 rings (SSSR count). The van der Waals surface area contributed by atoms with Crippen molar-refractivity contribution in [1.29, 1.82) is 0 Å². The molecular weight excluding hydrogens is 514 g/mol. The summed E-state index contributed by atoms with van der Waals surface area (Å²) in [5, 5.41) is 4.23. The summed E-state index contributed by atoms with van der Waals surface area (Å²) in [6.07, 6.45) is 6.83. The van der Waals surface area contributed by atoms with E-state index >= 15 is 0 Å². The molecule has 0 saturated heterocycles.